The Labute approximate surface area is 214 Å². The number of nitrogens with zero attached hydrogens (tertiary/aromatic N) is 2. The third-order valence-electron chi connectivity index (χ3n) is 7.33. The quantitative estimate of drug-likeness (QED) is 0.344. The van der Waals surface area contributed by atoms with Gasteiger partial charge >= 0.3 is 0 Å². The van der Waals surface area contributed by atoms with Crippen LogP contribution in [0.3, 0.4) is 0 Å². The number of fused-ring (bicyclic) bond motifs is 1. The lowest BCUT2D eigenvalue weighted by Gasteiger charge is -2.29. The fourth-order valence-electron chi connectivity index (χ4n) is 5.21. The van der Waals surface area contributed by atoms with Gasteiger partial charge < -0.3 is 10.1 Å². The lowest BCUT2D eigenvalue weighted by Crippen LogP contribution is -2.38. The van der Waals surface area contributed by atoms with E-state index in [1.165, 1.54) is 17.8 Å². The van der Waals surface area contributed by atoms with E-state index in [4.69, 9.17) is 9.72 Å². The van der Waals surface area contributed by atoms with Crippen molar-refractivity contribution >= 4 is 28.6 Å². The molecule has 2 aliphatic rings. The summed E-state index contributed by atoms with van der Waals surface area (Å²) in [6.45, 7) is 1.94. The topological polar surface area (TPSA) is 73.2 Å². The molecular formula is C28H32FN3O3S. The summed E-state index contributed by atoms with van der Waals surface area (Å²) in [7, 11) is 0. The largest absolute Gasteiger partial charge is 0.376 e. The Bertz CT molecular complexity index is 1270. The Kier molecular flexibility index (Phi) is 8.02. The summed E-state index contributed by atoms with van der Waals surface area (Å²) in [5.41, 5.74) is 1.18. The van der Waals surface area contributed by atoms with Gasteiger partial charge in [-0.1, -0.05) is 42.1 Å². The maximum atomic E-state index is 14.2. The molecule has 36 heavy (non-hydrogen) atoms. The molecule has 2 heterocycles. The molecule has 0 spiro atoms. The average molecular weight is 510 g/mol. The van der Waals surface area contributed by atoms with Crippen LogP contribution in [0.4, 0.5) is 4.39 Å². The molecule has 190 valence electrons. The van der Waals surface area contributed by atoms with Crippen LogP contribution in [0.25, 0.3) is 10.9 Å². The number of halogens is 1. The maximum absolute atomic E-state index is 14.2. The van der Waals surface area contributed by atoms with Gasteiger partial charge in [0.15, 0.2) is 5.16 Å². The molecule has 0 radical (unpaired) electrons. The highest BCUT2D eigenvalue weighted by molar-refractivity contribution is 7.98. The van der Waals surface area contributed by atoms with Crippen LogP contribution in [-0.2, 0) is 21.8 Å². The Morgan fingerprint density at radius 2 is 1.86 bits per heavy atom. The van der Waals surface area contributed by atoms with E-state index in [0.717, 1.165) is 45.1 Å². The fraction of sp³-hybridized carbons (Fsp3) is 0.464. The van der Waals surface area contributed by atoms with E-state index < -0.39 is 0 Å². The van der Waals surface area contributed by atoms with E-state index in [0.29, 0.717) is 46.4 Å². The van der Waals surface area contributed by atoms with Gasteiger partial charge in [-0.25, -0.2) is 9.37 Å². The van der Waals surface area contributed by atoms with Crippen LogP contribution in [0.5, 0.6) is 0 Å². The predicted molar refractivity (Wildman–Crippen MR) is 139 cm³/mol. The first-order valence-corrected chi connectivity index (χ1v) is 13.8. The summed E-state index contributed by atoms with van der Waals surface area (Å²) in [6, 6.07) is 14.1. The standard InChI is InChI=1S/C28H32FN3O3S/c29-24-9-3-1-6-21(24)18-36-28-31-25-10-4-2-8-23(25)27(34)32(28)17-19-11-13-20(14-12-19)26(33)30-16-22-7-5-15-35-22/h1-4,6,8-10,19-20,22H,5,7,11-18H2,(H,30,33)/t19?,20?,22-/m0/s1. The molecule has 0 unspecified atom stereocenters. The van der Waals surface area contributed by atoms with Gasteiger partial charge in [-0.3, -0.25) is 14.2 Å². The molecule has 0 bridgehead atoms. The molecular weight excluding hydrogens is 477 g/mol. The molecule has 1 amide bonds. The Morgan fingerprint density at radius 1 is 1.08 bits per heavy atom. The SMILES string of the molecule is O=C(NC[C@@H]1CCCO1)C1CCC(Cn2c(SCc3ccccc3F)nc3ccccc3c2=O)CC1. The minimum atomic E-state index is -0.254. The normalized spacial score (nSPS) is 22.1. The highest BCUT2D eigenvalue weighted by Gasteiger charge is 2.28. The number of amides is 1. The zero-order valence-electron chi connectivity index (χ0n) is 20.3. The van der Waals surface area contributed by atoms with Crippen LogP contribution in [0.2, 0.25) is 0 Å². The lowest BCUT2D eigenvalue weighted by molar-refractivity contribution is -0.126. The summed E-state index contributed by atoms with van der Waals surface area (Å²) in [5.74, 6) is 0.574. The Balaban J connectivity index is 1.26. The van der Waals surface area contributed by atoms with Crippen molar-refractivity contribution in [3.05, 3.63) is 70.3 Å². The first-order valence-electron chi connectivity index (χ1n) is 12.8. The van der Waals surface area contributed by atoms with Gasteiger partial charge in [-0.2, -0.15) is 0 Å². The number of carbonyl (C=O) groups is 1. The van der Waals surface area contributed by atoms with E-state index in [-0.39, 0.29) is 29.3 Å². The minimum absolute atomic E-state index is 0.0176. The summed E-state index contributed by atoms with van der Waals surface area (Å²) in [5, 5.41) is 4.27. The van der Waals surface area contributed by atoms with Gasteiger partial charge in [-0.05, 0) is 68.2 Å². The number of benzene rings is 2. The molecule has 1 aliphatic heterocycles. The fourth-order valence-corrected chi connectivity index (χ4v) is 6.20. The van der Waals surface area contributed by atoms with Crippen molar-refractivity contribution in [2.45, 2.75) is 62.1 Å². The second-order valence-electron chi connectivity index (χ2n) is 9.81. The molecule has 1 aromatic heterocycles. The van der Waals surface area contributed by atoms with Gasteiger partial charge in [0.25, 0.3) is 5.56 Å². The van der Waals surface area contributed by atoms with Crippen molar-refractivity contribution in [2.75, 3.05) is 13.2 Å². The number of hydrogen-bond acceptors (Lipinski definition) is 5. The summed E-state index contributed by atoms with van der Waals surface area (Å²) in [4.78, 5) is 30.9. The van der Waals surface area contributed by atoms with Gasteiger partial charge in [0.2, 0.25) is 5.91 Å². The number of ether oxygens (including phenoxy) is 1. The van der Waals surface area contributed by atoms with E-state index >= 15 is 0 Å². The Morgan fingerprint density at radius 3 is 2.64 bits per heavy atom. The molecule has 1 saturated heterocycles. The monoisotopic (exact) mass is 509 g/mol. The average Bonchev–Trinajstić information content (AvgIpc) is 3.43. The van der Waals surface area contributed by atoms with Crippen molar-refractivity contribution < 1.29 is 13.9 Å². The lowest BCUT2D eigenvalue weighted by atomic mass is 9.81. The molecule has 3 aromatic rings. The van der Waals surface area contributed by atoms with E-state index in [1.54, 1.807) is 16.7 Å². The van der Waals surface area contributed by atoms with Crippen LogP contribution in [-0.4, -0.2) is 34.7 Å². The molecule has 1 atom stereocenters. The van der Waals surface area contributed by atoms with E-state index in [1.807, 2.05) is 30.3 Å². The van der Waals surface area contributed by atoms with Gasteiger partial charge in [-0.15, -0.1) is 0 Å². The van der Waals surface area contributed by atoms with Gasteiger partial charge in [0.1, 0.15) is 5.82 Å². The smallest absolute Gasteiger partial charge is 0.262 e. The number of carbonyl (C=O) groups excluding carboxylic acids is 1. The second kappa shape index (κ2) is 11.6. The third kappa shape index (κ3) is 5.81. The molecule has 1 saturated carbocycles. The van der Waals surface area contributed by atoms with E-state index in [9.17, 15) is 14.0 Å². The van der Waals surface area contributed by atoms with Gasteiger partial charge in [0.05, 0.1) is 17.0 Å². The molecule has 8 heteroatoms. The Hall–Kier alpha value is -2.71. The van der Waals surface area contributed by atoms with Crippen molar-refractivity contribution in [3.63, 3.8) is 0 Å². The van der Waals surface area contributed by atoms with E-state index in [2.05, 4.69) is 5.32 Å². The maximum Gasteiger partial charge on any atom is 0.262 e. The molecule has 1 N–H and O–H groups in total. The van der Waals surface area contributed by atoms with Crippen molar-refractivity contribution in [3.8, 4) is 0 Å². The number of thioether (sulfide) groups is 1. The first kappa shape index (κ1) is 25.0. The minimum Gasteiger partial charge on any atom is -0.376 e. The summed E-state index contributed by atoms with van der Waals surface area (Å²) in [6.07, 6.45) is 5.63. The molecule has 6 nitrogen and oxygen atoms in total. The highest BCUT2D eigenvalue weighted by Crippen LogP contribution is 2.31. The molecule has 2 fully saturated rings. The predicted octanol–water partition coefficient (Wildman–Crippen LogP) is 4.93. The van der Waals surface area contributed by atoms with Crippen LogP contribution >= 0.6 is 11.8 Å². The highest BCUT2D eigenvalue weighted by atomic mass is 32.2. The first-order chi connectivity index (χ1) is 17.6. The third-order valence-corrected chi connectivity index (χ3v) is 8.35. The van der Waals surface area contributed by atoms with Crippen molar-refractivity contribution in [1.82, 2.24) is 14.9 Å². The molecule has 1 aliphatic carbocycles. The summed E-state index contributed by atoms with van der Waals surface area (Å²) < 4.78 is 21.6. The zero-order chi connectivity index (χ0) is 24.9. The number of aromatic nitrogens is 2. The van der Waals surface area contributed by atoms with Crippen LogP contribution in [0, 0.1) is 17.7 Å². The van der Waals surface area contributed by atoms with Crippen molar-refractivity contribution in [2.24, 2.45) is 11.8 Å². The van der Waals surface area contributed by atoms with Crippen LogP contribution in [0.1, 0.15) is 44.1 Å². The zero-order valence-corrected chi connectivity index (χ0v) is 21.1. The van der Waals surface area contributed by atoms with Crippen LogP contribution in [0.15, 0.2) is 58.5 Å². The number of nitrogens with one attached hydrogen (secondary N) is 1. The van der Waals surface area contributed by atoms with Crippen molar-refractivity contribution in [1.29, 1.82) is 0 Å². The number of hydrogen-bond donors (Lipinski definition) is 1. The molecule has 5 rings (SSSR count). The number of rotatable bonds is 8. The molecule has 2 aromatic carbocycles. The van der Waals surface area contributed by atoms with Crippen LogP contribution < -0.4 is 10.9 Å². The van der Waals surface area contributed by atoms with Gasteiger partial charge in [0, 0.05) is 31.4 Å². The number of para-hydroxylation sites is 1. The second-order valence-corrected chi connectivity index (χ2v) is 10.7. The summed E-state index contributed by atoms with van der Waals surface area (Å²) >= 11 is 1.39.